The molecule has 1 aromatic carbocycles. The van der Waals surface area contributed by atoms with E-state index in [0.29, 0.717) is 18.7 Å². The largest absolute Gasteiger partial charge is 0.384 e. The van der Waals surface area contributed by atoms with Crippen LogP contribution in [0.2, 0.25) is 0 Å². The molecular formula is C17H21NO3. The van der Waals surface area contributed by atoms with E-state index in [0.717, 1.165) is 24.5 Å². The maximum Gasteiger partial charge on any atom is 0.251 e. The minimum absolute atomic E-state index is 0.0844. The number of aliphatic hydroxyl groups is 1. The normalized spacial score (nSPS) is 13.4. The maximum atomic E-state index is 11.9. The average Bonchev–Trinajstić information content (AvgIpc) is 3.33. The minimum Gasteiger partial charge on any atom is -0.384 e. The smallest absolute Gasteiger partial charge is 0.251 e. The molecular weight excluding hydrogens is 266 g/mol. The van der Waals surface area contributed by atoms with Crippen LogP contribution in [0.1, 0.15) is 35.2 Å². The minimum atomic E-state index is -0.162. The van der Waals surface area contributed by atoms with Crippen LogP contribution in [0.15, 0.2) is 24.3 Å². The second-order valence-electron chi connectivity index (χ2n) is 5.16. The predicted octanol–water partition coefficient (Wildman–Crippen LogP) is 1.58. The van der Waals surface area contributed by atoms with Crippen molar-refractivity contribution in [3.63, 3.8) is 0 Å². The Morgan fingerprint density at radius 1 is 1.33 bits per heavy atom. The Hall–Kier alpha value is -1.83. The Balaban J connectivity index is 1.64. The van der Waals surface area contributed by atoms with Crippen molar-refractivity contribution < 1.29 is 14.6 Å². The van der Waals surface area contributed by atoms with Crippen molar-refractivity contribution in [2.24, 2.45) is 5.92 Å². The molecule has 0 unspecified atom stereocenters. The second-order valence-corrected chi connectivity index (χ2v) is 5.16. The predicted molar refractivity (Wildman–Crippen MR) is 80.9 cm³/mol. The SMILES string of the molecule is O=C(NCCCOCC1CC1)c1ccc(C#CCO)cc1. The van der Waals surface area contributed by atoms with Gasteiger partial charge in [0.1, 0.15) is 6.61 Å². The van der Waals surface area contributed by atoms with Crippen LogP contribution in [0.25, 0.3) is 0 Å². The Kier molecular flexibility index (Phi) is 6.26. The van der Waals surface area contributed by atoms with Gasteiger partial charge < -0.3 is 15.2 Å². The number of hydrogen-bond acceptors (Lipinski definition) is 3. The van der Waals surface area contributed by atoms with Crippen LogP contribution >= 0.6 is 0 Å². The maximum absolute atomic E-state index is 11.9. The van der Waals surface area contributed by atoms with Crippen molar-refractivity contribution in [2.75, 3.05) is 26.4 Å². The van der Waals surface area contributed by atoms with E-state index in [9.17, 15) is 4.79 Å². The molecule has 4 nitrogen and oxygen atoms in total. The highest BCUT2D eigenvalue weighted by Crippen LogP contribution is 2.28. The van der Waals surface area contributed by atoms with E-state index < -0.39 is 0 Å². The fourth-order valence-corrected chi connectivity index (χ4v) is 1.86. The Bertz CT molecular complexity index is 509. The standard InChI is InChI=1S/C17H21NO3/c19-11-1-3-14-6-8-16(9-7-14)17(20)18-10-2-12-21-13-15-4-5-15/h6-9,15,19H,2,4-5,10-13H2,(H,18,20). The molecule has 4 heteroatoms. The lowest BCUT2D eigenvalue weighted by Gasteiger charge is -2.06. The molecule has 1 aliphatic rings. The molecule has 1 aromatic rings. The van der Waals surface area contributed by atoms with Gasteiger partial charge in [0.2, 0.25) is 0 Å². The lowest BCUT2D eigenvalue weighted by molar-refractivity contribution is 0.0937. The molecule has 2 rings (SSSR count). The third-order valence-electron chi connectivity index (χ3n) is 3.26. The molecule has 1 aliphatic carbocycles. The van der Waals surface area contributed by atoms with E-state index >= 15 is 0 Å². The number of amides is 1. The Morgan fingerprint density at radius 2 is 2.10 bits per heavy atom. The number of carbonyl (C=O) groups is 1. The summed E-state index contributed by atoms with van der Waals surface area (Å²) in [6.45, 7) is 2.03. The summed E-state index contributed by atoms with van der Waals surface area (Å²) in [5.74, 6) is 6.06. The summed E-state index contributed by atoms with van der Waals surface area (Å²) in [4.78, 5) is 11.9. The zero-order valence-corrected chi connectivity index (χ0v) is 12.1. The Morgan fingerprint density at radius 3 is 2.76 bits per heavy atom. The Labute approximate surface area is 125 Å². The highest BCUT2D eigenvalue weighted by atomic mass is 16.5. The van der Waals surface area contributed by atoms with Crippen molar-refractivity contribution in [2.45, 2.75) is 19.3 Å². The zero-order valence-electron chi connectivity index (χ0n) is 12.1. The van der Waals surface area contributed by atoms with Gasteiger partial charge in [0.25, 0.3) is 5.91 Å². The van der Waals surface area contributed by atoms with E-state index in [1.807, 2.05) is 0 Å². The lowest BCUT2D eigenvalue weighted by atomic mass is 10.1. The molecule has 2 N–H and O–H groups in total. The second kappa shape index (κ2) is 8.46. The molecule has 0 radical (unpaired) electrons. The van der Waals surface area contributed by atoms with Gasteiger partial charge in [-0.05, 0) is 49.4 Å². The van der Waals surface area contributed by atoms with E-state index in [-0.39, 0.29) is 12.5 Å². The van der Waals surface area contributed by atoms with Gasteiger partial charge in [0.15, 0.2) is 0 Å². The van der Waals surface area contributed by atoms with Gasteiger partial charge in [0, 0.05) is 30.9 Å². The summed E-state index contributed by atoms with van der Waals surface area (Å²) in [6.07, 6.45) is 3.43. The van der Waals surface area contributed by atoms with Crippen LogP contribution in [0.3, 0.4) is 0 Å². The molecule has 0 bridgehead atoms. The van der Waals surface area contributed by atoms with E-state index in [1.165, 1.54) is 12.8 Å². The van der Waals surface area contributed by atoms with Crippen molar-refractivity contribution in [1.29, 1.82) is 0 Å². The fourth-order valence-electron chi connectivity index (χ4n) is 1.86. The number of hydrogen-bond donors (Lipinski definition) is 2. The summed E-state index contributed by atoms with van der Waals surface area (Å²) in [5, 5.41) is 11.5. The topological polar surface area (TPSA) is 58.6 Å². The molecule has 0 spiro atoms. The molecule has 0 aromatic heterocycles. The van der Waals surface area contributed by atoms with Gasteiger partial charge >= 0.3 is 0 Å². The summed E-state index contributed by atoms with van der Waals surface area (Å²) in [6, 6.07) is 7.02. The first-order chi connectivity index (χ1) is 10.3. The highest BCUT2D eigenvalue weighted by Gasteiger charge is 2.20. The fraction of sp³-hybridized carbons (Fsp3) is 0.471. The summed E-state index contributed by atoms with van der Waals surface area (Å²) >= 11 is 0. The molecule has 0 saturated heterocycles. The third-order valence-corrected chi connectivity index (χ3v) is 3.26. The molecule has 1 fully saturated rings. The number of rotatable bonds is 7. The van der Waals surface area contributed by atoms with Crippen molar-refractivity contribution in [1.82, 2.24) is 5.32 Å². The molecule has 0 atom stereocenters. The van der Waals surface area contributed by atoms with Crippen LogP contribution < -0.4 is 5.32 Å². The molecule has 21 heavy (non-hydrogen) atoms. The van der Waals surface area contributed by atoms with Crippen molar-refractivity contribution in [3.05, 3.63) is 35.4 Å². The third kappa shape index (κ3) is 5.99. The number of aliphatic hydroxyl groups excluding tert-OH is 1. The van der Waals surface area contributed by atoms with Crippen LogP contribution in [-0.2, 0) is 4.74 Å². The van der Waals surface area contributed by atoms with E-state index in [4.69, 9.17) is 9.84 Å². The first-order valence-electron chi connectivity index (χ1n) is 7.35. The summed E-state index contributed by atoms with van der Waals surface area (Å²) in [5.41, 5.74) is 1.40. The number of ether oxygens (including phenoxy) is 1. The van der Waals surface area contributed by atoms with Gasteiger partial charge in [-0.15, -0.1) is 0 Å². The quantitative estimate of drug-likeness (QED) is 0.591. The average molecular weight is 287 g/mol. The van der Waals surface area contributed by atoms with E-state index in [1.54, 1.807) is 24.3 Å². The van der Waals surface area contributed by atoms with Crippen molar-refractivity contribution in [3.8, 4) is 11.8 Å². The molecule has 1 amide bonds. The first-order valence-corrected chi connectivity index (χ1v) is 7.35. The monoisotopic (exact) mass is 287 g/mol. The van der Waals surface area contributed by atoms with Crippen LogP contribution in [-0.4, -0.2) is 37.4 Å². The van der Waals surface area contributed by atoms with Gasteiger partial charge in [0.05, 0.1) is 0 Å². The first kappa shape index (κ1) is 15.6. The molecule has 0 aliphatic heterocycles. The number of carbonyl (C=O) groups excluding carboxylic acids is 1. The van der Waals surface area contributed by atoms with Crippen molar-refractivity contribution >= 4 is 5.91 Å². The molecule has 0 heterocycles. The highest BCUT2D eigenvalue weighted by molar-refractivity contribution is 5.94. The zero-order chi connectivity index (χ0) is 14.9. The van der Waals surface area contributed by atoms with Gasteiger partial charge in [-0.1, -0.05) is 11.8 Å². The molecule has 1 saturated carbocycles. The van der Waals surface area contributed by atoms with Crippen LogP contribution in [0.5, 0.6) is 0 Å². The van der Waals surface area contributed by atoms with Gasteiger partial charge in [-0.3, -0.25) is 4.79 Å². The summed E-state index contributed by atoms with van der Waals surface area (Å²) < 4.78 is 5.51. The van der Waals surface area contributed by atoms with Crippen LogP contribution in [0, 0.1) is 17.8 Å². The van der Waals surface area contributed by atoms with Gasteiger partial charge in [-0.2, -0.15) is 0 Å². The summed E-state index contributed by atoms with van der Waals surface area (Å²) in [7, 11) is 0. The lowest BCUT2D eigenvalue weighted by Crippen LogP contribution is -2.25. The molecule has 112 valence electrons. The number of benzene rings is 1. The number of nitrogens with one attached hydrogen (secondary N) is 1. The van der Waals surface area contributed by atoms with Crippen LogP contribution in [0.4, 0.5) is 0 Å². The van der Waals surface area contributed by atoms with E-state index in [2.05, 4.69) is 17.2 Å². The van der Waals surface area contributed by atoms with Gasteiger partial charge in [-0.25, -0.2) is 0 Å².